The third-order valence-electron chi connectivity index (χ3n) is 7.68. The second-order valence-corrected chi connectivity index (χ2v) is 10.2. The number of hydrogen-bond donors (Lipinski definition) is 2. The number of hydrogen-bond acceptors (Lipinski definition) is 5. The number of amides is 2. The predicted molar refractivity (Wildman–Crippen MR) is 126 cm³/mol. The van der Waals surface area contributed by atoms with E-state index in [9.17, 15) is 27.9 Å². The number of nitrogens with two attached hydrogens (primary N) is 1. The van der Waals surface area contributed by atoms with Gasteiger partial charge in [0.2, 0.25) is 5.91 Å². The summed E-state index contributed by atoms with van der Waals surface area (Å²) in [5.74, 6) is -0.590. The van der Waals surface area contributed by atoms with Gasteiger partial charge in [-0.1, -0.05) is 12.1 Å². The van der Waals surface area contributed by atoms with Crippen LogP contribution in [0.1, 0.15) is 79.9 Å². The molecule has 2 amide bonds. The fourth-order valence-electron chi connectivity index (χ4n) is 5.24. The maximum atomic E-state index is 13.5. The summed E-state index contributed by atoms with van der Waals surface area (Å²) in [5.41, 5.74) is 2.89. The van der Waals surface area contributed by atoms with Gasteiger partial charge in [0, 0.05) is 48.1 Å². The lowest BCUT2D eigenvalue weighted by Gasteiger charge is -2.43. The van der Waals surface area contributed by atoms with Crippen molar-refractivity contribution in [3.05, 3.63) is 59.7 Å². The lowest BCUT2D eigenvalue weighted by atomic mass is 9.67. The molecule has 4 rings (SSSR count). The van der Waals surface area contributed by atoms with Gasteiger partial charge in [0.25, 0.3) is 5.91 Å². The molecule has 3 N–H and O–H groups in total. The van der Waals surface area contributed by atoms with Crippen molar-refractivity contribution in [1.82, 2.24) is 14.9 Å². The van der Waals surface area contributed by atoms with Crippen LogP contribution in [0, 0.1) is 0 Å². The number of nitrogens with zero attached hydrogens (tertiary/aromatic N) is 3. The molecule has 0 saturated heterocycles. The Morgan fingerprint density at radius 2 is 1.69 bits per heavy atom. The average molecular weight is 505 g/mol. The van der Waals surface area contributed by atoms with Crippen molar-refractivity contribution >= 4 is 11.8 Å². The molecule has 0 spiro atoms. The van der Waals surface area contributed by atoms with Crippen molar-refractivity contribution in [2.45, 2.75) is 87.6 Å². The molecule has 1 heterocycles. The molecule has 0 unspecified atom stereocenters. The Morgan fingerprint density at radius 1 is 1.08 bits per heavy atom. The van der Waals surface area contributed by atoms with Crippen LogP contribution in [0.3, 0.4) is 0 Å². The highest BCUT2D eigenvalue weighted by Crippen LogP contribution is 2.45. The van der Waals surface area contributed by atoms with Crippen LogP contribution in [-0.2, 0) is 15.8 Å². The Balaban J connectivity index is 1.51. The second kappa shape index (κ2) is 9.80. The number of halogens is 3. The summed E-state index contributed by atoms with van der Waals surface area (Å²) in [5, 5.41) is 9.93. The SMILES string of the molecule is C[C@](O)(c1ccc(C(=O)N(C2CC2)[C@H]2CC[C@](CCC(N)=O)(c3cnccn3)CC2)cc1)C(F)(F)F. The van der Waals surface area contributed by atoms with E-state index < -0.39 is 11.8 Å². The monoisotopic (exact) mass is 504 g/mol. The molecule has 1 aromatic heterocycles. The summed E-state index contributed by atoms with van der Waals surface area (Å²) in [6.45, 7) is 0.698. The van der Waals surface area contributed by atoms with Crippen LogP contribution in [0.2, 0.25) is 0 Å². The molecule has 2 aliphatic carbocycles. The predicted octanol–water partition coefficient (Wildman–Crippen LogP) is 4.00. The van der Waals surface area contributed by atoms with E-state index >= 15 is 0 Å². The number of carbonyl (C=O) groups is 2. The Hall–Kier alpha value is -3.01. The molecule has 1 atom stereocenters. The van der Waals surface area contributed by atoms with Crippen molar-refractivity contribution in [3.8, 4) is 0 Å². The fraction of sp³-hybridized carbons (Fsp3) is 0.538. The first kappa shape index (κ1) is 26.1. The standard InChI is InChI=1S/C26H31F3N4O3/c1-24(36,26(27,28)29)18-4-2-17(3-5-18)23(35)33(19-6-7-19)20-8-11-25(12-9-20,13-10-22(30)34)21-16-31-14-15-32-21/h2-5,14-16,19-20,36H,6-13H2,1H3,(H2,30,34)/t20-,24-,25-/m0/s1. The number of carbonyl (C=O) groups excluding carboxylic acids is 2. The summed E-state index contributed by atoms with van der Waals surface area (Å²) < 4.78 is 39.6. The minimum absolute atomic E-state index is 0.0265. The van der Waals surface area contributed by atoms with Crippen LogP contribution in [0.15, 0.2) is 42.9 Å². The molecule has 36 heavy (non-hydrogen) atoms. The zero-order valence-electron chi connectivity index (χ0n) is 20.2. The molecule has 0 bridgehead atoms. The first-order valence-corrected chi connectivity index (χ1v) is 12.2. The quantitative estimate of drug-likeness (QED) is 0.565. The fourth-order valence-corrected chi connectivity index (χ4v) is 5.24. The van der Waals surface area contributed by atoms with Crippen LogP contribution < -0.4 is 5.73 Å². The van der Waals surface area contributed by atoms with Crippen LogP contribution >= 0.6 is 0 Å². The van der Waals surface area contributed by atoms with E-state index in [1.807, 2.05) is 4.90 Å². The second-order valence-electron chi connectivity index (χ2n) is 10.2. The van der Waals surface area contributed by atoms with E-state index in [4.69, 9.17) is 5.73 Å². The van der Waals surface area contributed by atoms with E-state index in [1.165, 1.54) is 12.1 Å². The van der Waals surface area contributed by atoms with E-state index in [1.54, 1.807) is 18.6 Å². The van der Waals surface area contributed by atoms with Crippen molar-refractivity contribution in [2.24, 2.45) is 5.73 Å². The van der Waals surface area contributed by atoms with Crippen molar-refractivity contribution in [2.75, 3.05) is 0 Å². The molecule has 0 aliphatic heterocycles. The summed E-state index contributed by atoms with van der Waals surface area (Å²) in [6, 6.07) is 5.11. The lowest BCUT2D eigenvalue weighted by molar-refractivity contribution is -0.258. The zero-order valence-corrected chi connectivity index (χ0v) is 20.2. The van der Waals surface area contributed by atoms with E-state index in [-0.39, 0.29) is 41.3 Å². The topological polar surface area (TPSA) is 109 Å². The smallest absolute Gasteiger partial charge is 0.376 e. The number of rotatable bonds is 8. The number of primary amides is 1. The van der Waals surface area contributed by atoms with Gasteiger partial charge in [-0.05, 0) is 69.6 Å². The Labute approximate surface area is 207 Å². The van der Waals surface area contributed by atoms with Crippen LogP contribution in [-0.4, -0.2) is 50.0 Å². The van der Waals surface area contributed by atoms with Crippen LogP contribution in [0.25, 0.3) is 0 Å². The molecule has 194 valence electrons. The van der Waals surface area contributed by atoms with Gasteiger partial charge in [-0.3, -0.25) is 19.6 Å². The number of aromatic nitrogens is 2. The minimum Gasteiger partial charge on any atom is -0.376 e. The Bertz CT molecular complexity index is 1080. The highest BCUT2D eigenvalue weighted by Gasteiger charge is 2.51. The number of alkyl halides is 3. The summed E-state index contributed by atoms with van der Waals surface area (Å²) in [4.78, 5) is 35.6. The van der Waals surface area contributed by atoms with Crippen molar-refractivity contribution < 1.29 is 27.9 Å². The molecule has 0 radical (unpaired) electrons. The van der Waals surface area contributed by atoms with E-state index in [0.29, 0.717) is 44.6 Å². The lowest BCUT2D eigenvalue weighted by Crippen LogP contribution is -2.47. The van der Waals surface area contributed by atoms with Crippen molar-refractivity contribution in [1.29, 1.82) is 0 Å². The minimum atomic E-state index is -4.83. The normalized spacial score (nSPS) is 24.1. The maximum Gasteiger partial charge on any atom is 0.421 e. The van der Waals surface area contributed by atoms with Crippen molar-refractivity contribution in [3.63, 3.8) is 0 Å². The molecule has 2 fully saturated rings. The average Bonchev–Trinajstić information content (AvgIpc) is 3.69. The molecule has 2 saturated carbocycles. The maximum absolute atomic E-state index is 13.5. The molecule has 1 aromatic carbocycles. The Morgan fingerprint density at radius 3 is 2.19 bits per heavy atom. The van der Waals surface area contributed by atoms with Gasteiger partial charge in [-0.25, -0.2) is 0 Å². The van der Waals surface area contributed by atoms with Crippen LogP contribution in [0.5, 0.6) is 0 Å². The first-order valence-electron chi connectivity index (χ1n) is 12.2. The molecular formula is C26H31F3N4O3. The van der Waals surface area contributed by atoms with Gasteiger partial charge in [-0.15, -0.1) is 0 Å². The van der Waals surface area contributed by atoms with Gasteiger partial charge in [-0.2, -0.15) is 13.2 Å². The molecule has 10 heteroatoms. The third-order valence-corrected chi connectivity index (χ3v) is 7.68. The van der Waals surface area contributed by atoms with Gasteiger partial charge in [0.15, 0.2) is 5.60 Å². The molecule has 2 aliphatic rings. The summed E-state index contributed by atoms with van der Waals surface area (Å²) in [6.07, 6.45) is 5.55. The molecule has 7 nitrogen and oxygen atoms in total. The summed E-state index contributed by atoms with van der Waals surface area (Å²) >= 11 is 0. The largest absolute Gasteiger partial charge is 0.421 e. The highest BCUT2D eigenvalue weighted by atomic mass is 19.4. The van der Waals surface area contributed by atoms with E-state index in [2.05, 4.69) is 9.97 Å². The van der Waals surface area contributed by atoms with Crippen LogP contribution in [0.4, 0.5) is 13.2 Å². The highest BCUT2D eigenvalue weighted by molar-refractivity contribution is 5.95. The number of aliphatic hydroxyl groups is 1. The van der Waals surface area contributed by atoms with Gasteiger partial charge >= 0.3 is 6.18 Å². The van der Waals surface area contributed by atoms with E-state index in [0.717, 1.165) is 30.7 Å². The van der Waals surface area contributed by atoms with Gasteiger partial charge in [0.1, 0.15) is 0 Å². The van der Waals surface area contributed by atoms with Gasteiger partial charge in [0.05, 0.1) is 5.69 Å². The molecular weight excluding hydrogens is 473 g/mol. The zero-order chi connectivity index (χ0) is 26.1. The Kier molecular flexibility index (Phi) is 7.10. The first-order chi connectivity index (χ1) is 16.9. The summed E-state index contributed by atoms with van der Waals surface area (Å²) in [7, 11) is 0. The number of benzene rings is 1. The molecule has 2 aromatic rings. The van der Waals surface area contributed by atoms with Gasteiger partial charge < -0.3 is 15.7 Å². The third kappa shape index (κ3) is 5.23.